The summed E-state index contributed by atoms with van der Waals surface area (Å²) in [5.74, 6) is 0. The second-order valence-corrected chi connectivity index (χ2v) is 6.67. The third-order valence-corrected chi connectivity index (χ3v) is 4.09. The Bertz CT molecular complexity index is 410. The van der Waals surface area contributed by atoms with E-state index >= 15 is 0 Å². The van der Waals surface area contributed by atoms with Crippen molar-refractivity contribution < 1.29 is 5.11 Å². The minimum atomic E-state index is 0.0879. The molecule has 1 N–H and O–H groups in total. The molecule has 0 atom stereocenters. The largest absolute Gasteiger partial charge is 0.395 e. The SMILES string of the molecule is Cc1cc(C(C)(C)C)cc(C)c1C1(CO)CC1. The number of aliphatic hydroxyl groups excluding tert-OH is 1. The van der Waals surface area contributed by atoms with Crippen LogP contribution in [0.4, 0.5) is 0 Å². The fraction of sp³-hybridized carbons (Fsp3) is 0.625. The highest BCUT2D eigenvalue weighted by atomic mass is 16.3. The molecule has 1 nitrogen and oxygen atoms in total. The summed E-state index contributed by atoms with van der Waals surface area (Å²) in [7, 11) is 0. The Morgan fingerprint density at radius 3 is 1.88 bits per heavy atom. The summed E-state index contributed by atoms with van der Waals surface area (Å²) in [5.41, 5.74) is 5.77. The van der Waals surface area contributed by atoms with Gasteiger partial charge in [-0.25, -0.2) is 0 Å². The van der Waals surface area contributed by atoms with E-state index in [2.05, 4.69) is 46.8 Å². The van der Waals surface area contributed by atoms with Gasteiger partial charge in [0, 0.05) is 5.41 Å². The van der Waals surface area contributed by atoms with Crippen LogP contribution in [-0.4, -0.2) is 11.7 Å². The molecule has 0 amide bonds. The van der Waals surface area contributed by atoms with E-state index in [0.29, 0.717) is 6.61 Å². The first-order valence-corrected chi connectivity index (χ1v) is 6.53. The van der Waals surface area contributed by atoms with Crippen molar-refractivity contribution in [2.75, 3.05) is 6.61 Å². The Labute approximate surface area is 105 Å². The first-order chi connectivity index (χ1) is 7.80. The van der Waals surface area contributed by atoms with Crippen molar-refractivity contribution in [3.05, 3.63) is 34.4 Å². The molecule has 0 aliphatic heterocycles. The molecule has 1 aliphatic carbocycles. The molecule has 0 unspecified atom stereocenters. The Kier molecular flexibility index (Phi) is 2.86. The van der Waals surface area contributed by atoms with Gasteiger partial charge in [0.25, 0.3) is 0 Å². The van der Waals surface area contributed by atoms with Crippen LogP contribution < -0.4 is 0 Å². The summed E-state index contributed by atoms with van der Waals surface area (Å²) < 4.78 is 0. The lowest BCUT2D eigenvalue weighted by molar-refractivity contribution is 0.254. The summed E-state index contributed by atoms with van der Waals surface area (Å²) >= 11 is 0. The van der Waals surface area contributed by atoms with Gasteiger partial charge in [0.05, 0.1) is 6.61 Å². The summed E-state index contributed by atoms with van der Waals surface area (Å²) in [6.07, 6.45) is 2.28. The van der Waals surface area contributed by atoms with Crippen molar-refractivity contribution in [1.82, 2.24) is 0 Å². The quantitative estimate of drug-likeness (QED) is 0.825. The Morgan fingerprint density at radius 1 is 1.12 bits per heavy atom. The molecule has 0 heterocycles. The van der Waals surface area contributed by atoms with Gasteiger partial charge in [-0.1, -0.05) is 32.9 Å². The third kappa shape index (κ3) is 2.13. The first kappa shape index (κ1) is 12.6. The van der Waals surface area contributed by atoms with Gasteiger partial charge in [-0.05, 0) is 54.4 Å². The number of rotatable bonds is 2. The van der Waals surface area contributed by atoms with E-state index in [1.807, 2.05) is 0 Å². The van der Waals surface area contributed by atoms with Crippen LogP contribution in [0.25, 0.3) is 0 Å². The number of hydrogen-bond acceptors (Lipinski definition) is 1. The Balaban J connectivity index is 2.51. The molecule has 94 valence electrons. The van der Waals surface area contributed by atoms with Gasteiger partial charge < -0.3 is 5.11 Å². The first-order valence-electron chi connectivity index (χ1n) is 6.53. The van der Waals surface area contributed by atoms with Gasteiger partial charge >= 0.3 is 0 Å². The molecule has 0 saturated heterocycles. The molecule has 1 aromatic rings. The van der Waals surface area contributed by atoms with E-state index in [9.17, 15) is 5.11 Å². The molecule has 0 spiro atoms. The molecule has 1 fully saturated rings. The van der Waals surface area contributed by atoms with Crippen molar-refractivity contribution >= 4 is 0 Å². The van der Waals surface area contributed by atoms with Crippen LogP contribution in [0.15, 0.2) is 12.1 Å². The van der Waals surface area contributed by atoms with Crippen LogP contribution >= 0.6 is 0 Å². The molecule has 0 radical (unpaired) electrons. The normalized spacial score (nSPS) is 18.2. The molecular formula is C16H24O. The monoisotopic (exact) mass is 232 g/mol. The van der Waals surface area contributed by atoms with E-state index in [0.717, 1.165) is 12.8 Å². The van der Waals surface area contributed by atoms with Gasteiger partial charge in [0.2, 0.25) is 0 Å². The molecule has 1 saturated carbocycles. The van der Waals surface area contributed by atoms with E-state index in [1.54, 1.807) is 0 Å². The lowest BCUT2D eigenvalue weighted by Crippen LogP contribution is -2.18. The van der Waals surface area contributed by atoms with E-state index in [4.69, 9.17) is 0 Å². The number of benzene rings is 1. The van der Waals surface area contributed by atoms with Gasteiger partial charge in [-0.2, -0.15) is 0 Å². The molecule has 0 bridgehead atoms. The fourth-order valence-corrected chi connectivity index (χ4v) is 2.87. The lowest BCUT2D eigenvalue weighted by Gasteiger charge is -2.25. The second-order valence-electron chi connectivity index (χ2n) is 6.67. The molecule has 1 aliphatic rings. The van der Waals surface area contributed by atoms with Crippen molar-refractivity contribution in [1.29, 1.82) is 0 Å². The summed E-state index contributed by atoms with van der Waals surface area (Å²) in [6, 6.07) is 4.61. The van der Waals surface area contributed by atoms with Crippen LogP contribution in [0.1, 0.15) is 55.9 Å². The smallest absolute Gasteiger partial charge is 0.0528 e. The van der Waals surface area contributed by atoms with E-state index in [1.165, 1.54) is 22.3 Å². The van der Waals surface area contributed by atoms with Crippen molar-refractivity contribution in [2.45, 2.75) is 58.3 Å². The number of aryl methyl sites for hydroxylation is 2. The fourth-order valence-electron chi connectivity index (χ4n) is 2.87. The summed E-state index contributed by atoms with van der Waals surface area (Å²) in [4.78, 5) is 0. The zero-order chi connectivity index (χ0) is 12.8. The highest BCUT2D eigenvalue weighted by Crippen LogP contribution is 2.50. The average Bonchev–Trinajstić information content (AvgIpc) is 2.96. The second kappa shape index (κ2) is 3.84. The highest BCUT2D eigenvalue weighted by molar-refractivity contribution is 5.47. The van der Waals surface area contributed by atoms with E-state index < -0.39 is 0 Å². The lowest BCUT2D eigenvalue weighted by atomic mass is 9.80. The maximum Gasteiger partial charge on any atom is 0.0528 e. The van der Waals surface area contributed by atoms with Crippen molar-refractivity contribution in [3.8, 4) is 0 Å². The molecule has 2 rings (SSSR count). The number of aliphatic hydroxyl groups is 1. The third-order valence-electron chi connectivity index (χ3n) is 4.09. The van der Waals surface area contributed by atoms with Crippen molar-refractivity contribution in [3.63, 3.8) is 0 Å². The van der Waals surface area contributed by atoms with Crippen molar-refractivity contribution in [2.24, 2.45) is 0 Å². The molecular weight excluding hydrogens is 208 g/mol. The van der Waals surface area contributed by atoms with E-state index in [-0.39, 0.29) is 10.8 Å². The minimum absolute atomic E-state index is 0.0879. The Morgan fingerprint density at radius 2 is 1.59 bits per heavy atom. The van der Waals surface area contributed by atoms with Gasteiger partial charge in [-0.15, -0.1) is 0 Å². The molecule has 0 aromatic heterocycles. The maximum atomic E-state index is 9.59. The van der Waals surface area contributed by atoms with Crippen LogP contribution in [0, 0.1) is 13.8 Å². The zero-order valence-corrected chi connectivity index (χ0v) is 11.7. The zero-order valence-electron chi connectivity index (χ0n) is 11.7. The number of hydrogen-bond donors (Lipinski definition) is 1. The van der Waals surface area contributed by atoms with Gasteiger partial charge in [0.15, 0.2) is 0 Å². The molecule has 1 aromatic carbocycles. The molecule has 17 heavy (non-hydrogen) atoms. The van der Waals surface area contributed by atoms with Crippen LogP contribution in [0.5, 0.6) is 0 Å². The maximum absolute atomic E-state index is 9.59. The highest BCUT2D eigenvalue weighted by Gasteiger charge is 2.45. The van der Waals surface area contributed by atoms with Gasteiger partial charge in [0.1, 0.15) is 0 Å². The minimum Gasteiger partial charge on any atom is -0.395 e. The molecule has 1 heteroatoms. The average molecular weight is 232 g/mol. The van der Waals surface area contributed by atoms with Crippen LogP contribution in [-0.2, 0) is 10.8 Å². The van der Waals surface area contributed by atoms with Gasteiger partial charge in [-0.3, -0.25) is 0 Å². The summed E-state index contributed by atoms with van der Waals surface area (Å²) in [5, 5.41) is 9.59. The topological polar surface area (TPSA) is 20.2 Å². The Hall–Kier alpha value is -0.820. The predicted octanol–water partition coefficient (Wildman–Crippen LogP) is 3.62. The van der Waals surface area contributed by atoms with Crippen LogP contribution in [0.2, 0.25) is 0 Å². The van der Waals surface area contributed by atoms with Crippen LogP contribution in [0.3, 0.4) is 0 Å². The summed E-state index contributed by atoms with van der Waals surface area (Å²) in [6.45, 7) is 11.4. The standard InChI is InChI=1S/C16H24O/c1-11-8-13(15(3,4)5)9-12(2)14(11)16(10-17)6-7-16/h8-9,17H,6-7,10H2,1-5H3. The predicted molar refractivity (Wildman–Crippen MR) is 72.6 cm³/mol.